The van der Waals surface area contributed by atoms with Crippen LogP contribution in [0.2, 0.25) is 0 Å². The van der Waals surface area contributed by atoms with Crippen LogP contribution in [0.1, 0.15) is 13.3 Å². The van der Waals surface area contributed by atoms with Gasteiger partial charge in [-0.25, -0.2) is 9.36 Å². The summed E-state index contributed by atoms with van der Waals surface area (Å²) < 4.78 is 87.6. The van der Waals surface area contributed by atoms with Crippen LogP contribution in [0, 0.1) is 0 Å². The number of rotatable bonds is 26. The number of carbonyl (C=O) groups excluding carboxylic acids is 1. The molecule has 6 rings (SSSR count). The van der Waals surface area contributed by atoms with E-state index < -0.39 is 275 Å². The number of amides is 1. The van der Waals surface area contributed by atoms with E-state index in [9.17, 15) is 126 Å². The SMILES string of the molecule is CC(=O)N[C@H]1[C@@H](O[C@@H]2[C@@H](O[C@@H]3[C@H](O)[C@@H](O[C@H]4[C@@H]([C@H](O)CO)O[C@@](O)(C(=O)O)C[C@H]4O)O[C@H]([C@@H](O)CO)[C@H]3O[C@@H]3O[C@H](CO)[C@@H](O[C@@H]4O[C@H](CO)[C@H](O)[C@H](O)[C@H]4O)[C@H](O)[C@H]3O)O[C@H]([C@@H](O)CO)[C@@H](O)[C@@H]2OP(=O)(O)OCCN)O[C@H](CO)[C@@H](O)[C@@H]1O. The molecular formula is C44H77N2O38P. The molecule has 0 radical (unpaired) electrons. The number of carboxylic acids is 1. The molecule has 0 saturated carbocycles. The summed E-state index contributed by atoms with van der Waals surface area (Å²) in [5.41, 5.74) is 5.46. The molecule has 0 spiro atoms. The number of nitrogens with two attached hydrogens (primary N) is 1. The van der Waals surface area contributed by atoms with Crippen molar-refractivity contribution in [1.29, 1.82) is 0 Å². The van der Waals surface area contributed by atoms with Gasteiger partial charge in [0.1, 0.15) is 153 Å². The number of nitrogens with one attached hydrogen (secondary N) is 1. The van der Waals surface area contributed by atoms with Crippen LogP contribution in [0.25, 0.3) is 0 Å². The van der Waals surface area contributed by atoms with Crippen molar-refractivity contribution in [2.45, 2.75) is 209 Å². The number of phosphoric acid groups is 1. The first-order valence-electron chi connectivity index (χ1n) is 26.3. The first kappa shape index (κ1) is 71.8. The van der Waals surface area contributed by atoms with Crippen LogP contribution in [0.3, 0.4) is 0 Å². The molecule has 0 aromatic carbocycles. The smallest absolute Gasteiger partial charge is 0.472 e. The summed E-state index contributed by atoms with van der Waals surface area (Å²) in [6, 6.07) is -1.94. The molecule has 6 aliphatic rings. The van der Waals surface area contributed by atoms with Crippen molar-refractivity contribution in [3.8, 4) is 0 Å². The lowest BCUT2D eigenvalue weighted by molar-refractivity contribution is -0.414. The number of ether oxygens (including phenoxy) is 11. The Balaban J connectivity index is 1.50. The monoisotopic (exact) mass is 1270 g/mol. The number of carbonyl (C=O) groups is 2. The molecule has 496 valence electrons. The third-order valence-electron chi connectivity index (χ3n) is 14.7. The Morgan fingerprint density at radius 2 is 1.02 bits per heavy atom. The summed E-state index contributed by atoms with van der Waals surface area (Å²) in [7, 11) is -5.59. The molecule has 41 heteroatoms. The Kier molecular flexibility index (Phi) is 26.0. The molecule has 33 atom stereocenters. The lowest BCUT2D eigenvalue weighted by Gasteiger charge is -2.52. The Morgan fingerprint density at radius 3 is 1.58 bits per heavy atom. The fourth-order valence-corrected chi connectivity index (χ4v) is 11.2. The molecule has 40 nitrogen and oxygen atoms in total. The van der Waals surface area contributed by atoms with Gasteiger partial charge in [-0.15, -0.1) is 0 Å². The Hall–Kier alpha value is -2.23. The van der Waals surface area contributed by atoms with E-state index >= 15 is 0 Å². The molecule has 25 N–H and O–H groups in total. The van der Waals surface area contributed by atoms with E-state index in [0.717, 1.165) is 6.92 Å². The molecule has 6 aliphatic heterocycles. The van der Waals surface area contributed by atoms with Gasteiger partial charge in [-0.1, -0.05) is 0 Å². The minimum atomic E-state index is -5.59. The van der Waals surface area contributed by atoms with E-state index in [4.69, 9.17) is 66.9 Å². The lowest BCUT2D eigenvalue weighted by Crippen LogP contribution is -2.71. The maximum atomic E-state index is 13.6. The van der Waals surface area contributed by atoms with Gasteiger partial charge in [0.25, 0.3) is 5.79 Å². The third-order valence-corrected chi connectivity index (χ3v) is 15.7. The van der Waals surface area contributed by atoms with Crippen molar-refractivity contribution in [2.75, 3.05) is 52.8 Å². The van der Waals surface area contributed by atoms with Crippen molar-refractivity contribution >= 4 is 19.7 Å². The van der Waals surface area contributed by atoms with Crippen LogP contribution >= 0.6 is 7.82 Å². The summed E-state index contributed by atoms with van der Waals surface area (Å²) in [6.45, 7) is -7.56. The average Bonchev–Trinajstić information content (AvgIpc) is 3.61. The first-order valence-corrected chi connectivity index (χ1v) is 27.8. The van der Waals surface area contributed by atoms with E-state index in [1.54, 1.807) is 0 Å². The Labute approximate surface area is 479 Å². The van der Waals surface area contributed by atoms with Gasteiger partial charge in [0.2, 0.25) is 5.91 Å². The second-order valence-corrected chi connectivity index (χ2v) is 22.0. The van der Waals surface area contributed by atoms with E-state index in [1.165, 1.54) is 0 Å². The molecule has 1 unspecified atom stereocenters. The number of phosphoric ester groups is 1. The van der Waals surface area contributed by atoms with Gasteiger partial charge in [0.05, 0.1) is 52.4 Å². The first-order chi connectivity index (χ1) is 40.0. The molecule has 0 aromatic heterocycles. The summed E-state index contributed by atoms with van der Waals surface area (Å²) >= 11 is 0. The number of hydrogen-bond donors (Lipinski definition) is 24. The summed E-state index contributed by atoms with van der Waals surface area (Å²) in [5, 5.41) is 230. The van der Waals surface area contributed by atoms with Crippen molar-refractivity contribution in [1.82, 2.24) is 5.32 Å². The van der Waals surface area contributed by atoms with Crippen molar-refractivity contribution < 1.29 is 187 Å². The van der Waals surface area contributed by atoms with Crippen LogP contribution < -0.4 is 11.1 Å². The van der Waals surface area contributed by atoms with E-state index in [1.807, 2.05) is 0 Å². The largest absolute Gasteiger partial charge is 0.477 e. The quantitative estimate of drug-likeness (QED) is 0.0358. The van der Waals surface area contributed by atoms with Crippen LogP contribution in [-0.4, -0.2) is 373 Å². The van der Waals surface area contributed by atoms with E-state index in [2.05, 4.69) is 5.32 Å². The van der Waals surface area contributed by atoms with Crippen LogP contribution in [0.15, 0.2) is 0 Å². The highest BCUT2D eigenvalue weighted by atomic mass is 31.2. The maximum Gasteiger partial charge on any atom is 0.472 e. The summed E-state index contributed by atoms with van der Waals surface area (Å²) in [6.07, 6.45) is -69.6. The van der Waals surface area contributed by atoms with Gasteiger partial charge in [0.15, 0.2) is 31.5 Å². The zero-order chi connectivity index (χ0) is 63.3. The Morgan fingerprint density at radius 1 is 0.553 bits per heavy atom. The molecule has 6 fully saturated rings. The highest BCUT2D eigenvalue weighted by Crippen LogP contribution is 2.49. The summed E-state index contributed by atoms with van der Waals surface area (Å²) in [5.74, 6) is -6.37. The van der Waals surface area contributed by atoms with Crippen LogP contribution in [0.5, 0.6) is 0 Å². The topological polar surface area (TPSA) is 654 Å². The number of carboxylic acid groups (broad SMARTS) is 1. The third kappa shape index (κ3) is 16.1. The maximum absolute atomic E-state index is 13.6. The molecular weight excluding hydrogens is 1200 g/mol. The van der Waals surface area contributed by atoms with Gasteiger partial charge >= 0.3 is 13.8 Å². The van der Waals surface area contributed by atoms with Gasteiger partial charge in [-0.3, -0.25) is 13.8 Å². The second kappa shape index (κ2) is 30.7. The van der Waals surface area contributed by atoms with E-state index in [0.29, 0.717) is 0 Å². The Bertz CT molecular complexity index is 2150. The number of hydrogen-bond acceptors (Lipinski definition) is 37. The van der Waals surface area contributed by atoms with Gasteiger partial charge in [-0.2, -0.15) is 0 Å². The normalized spacial score (nSPS) is 46.4. The van der Waals surface area contributed by atoms with Gasteiger partial charge in [0, 0.05) is 19.9 Å². The zero-order valence-electron chi connectivity index (χ0n) is 44.7. The van der Waals surface area contributed by atoms with Gasteiger partial charge in [-0.05, 0) is 0 Å². The molecule has 1 amide bonds. The lowest BCUT2D eigenvalue weighted by atomic mass is 9.91. The second-order valence-electron chi connectivity index (χ2n) is 20.6. The minimum absolute atomic E-state index is 0.447. The van der Waals surface area contributed by atoms with Crippen LogP contribution in [0.4, 0.5) is 0 Å². The highest BCUT2D eigenvalue weighted by Gasteiger charge is 2.62. The van der Waals surface area contributed by atoms with Gasteiger partial charge < -0.3 is 175 Å². The predicted octanol–water partition coefficient (Wildman–Crippen LogP) is -15.3. The van der Waals surface area contributed by atoms with Crippen LogP contribution in [-0.2, 0) is 75.3 Å². The highest BCUT2D eigenvalue weighted by molar-refractivity contribution is 7.47. The average molecular weight is 1270 g/mol. The fraction of sp³-hybridized carbons (Fsp3) is 0.955. The molecule has 85 heavy (non-hydrogen) atoms. The molecule has 6 saturated heterocycles. The standard InChI is InChI=1S/C44H77N2O38P/c1-11(53)46-19-22(60)20(58)16(8-50)73-38(19)82-37-35(84-85(70,71)72-3-2-45)27(65)29(13(55)5-47)76-42(37)80-34-28(66)41(77-30-12(54)4-44(69,43(67)68)83-32(30)15(57)7-49)78-31(14(56)6-48)36(34)81-40-26(64)24(62)33(18(10-52)75-40)79-39-25(63)23(61)21(59)17(9-51)74-39/h12-42,47-52,54-66,69H,2-10,45H2,1H3,(H,46,53)(H,67,68)(H,70,71)/t12-,13+,14+,15-,16-,17-,18-,19-,20-,21+,22-,23+,24-,25-,26-,27-,28+,29-,30-,31-,32-,33-,34-,35+,36-,37+,38-,39+,40+,41+,42-,44-/m1/s1. The predicted molar refractivity (Wildman–Crippen MR) is 258 cm³/mol. The van der Waals surface area contributed by atoms with E-state index in [-0.39, 0.29) is 0 Å². The number of aliphatic hydroxyl groups is 20. The molecule has 0 aliphatic carbocycles. The van der Waals surface area contributed by atoms with Crippen molar-refractivity contribution in [3.63, 3.8) is 0 Å². The van der Waals surface area contributed by atoms with Crippen molar-refractivity contribution in [3.05, 3.63) is 0 Å². The summed E-state index contributed by atoms with van der Waals surface area (Å²) in [4.78, 5) is 35.6. The molecule has 0 aromatic rings. The fourth-order valence-electron chi connectivity index (χ4n) is 10.2. The van der Waals surface area contributed by atoms with Crippen molar-refractivity contribution in [2.24, 2.45) is 5.73 Å². The minimum Gasteiger partial charge on any atom is -0.477 e. The number of aliphatic hydroxyl groups excluding tert-OH is 19. The molecule has 6 heterocycles. The number of aliphatic carboxylic acids is 1. The molecule has 0 bridgehead atoms. The zero-order valence-corrected chi connectivity index (χ0v) is 45.6.